The SMILES string of the molecule is COc1ccc(/C(O)=C2\C(=O)C(=O)N(Cc3cccnc3)C2c2c[nH]c3ccccc23)c(OC)c1. The minimum atomic E-state index is -0.821. The number of aromatic amines is 1. The average Bonchev–Trinajstić information content (AvgIpc) is 3.42. The molecule has 1 atom stereocenters. The number of methoxy groups -OCH3 is 2. The first-order valence-corrected chi connectivity index (χ1v) is 11.0. The van der Waals surface area contributed by atoms with Crippen molar-refractivity contribution in [1.29, 1.82) is 0 Å². The number of nitrogens with zero attached hydrogens (tertiary/aromatic N) is 2. The number of likely N-dealkylation sites (tertiary alicyclic amines) is 1. The number of ether oxygens (including phenoxy) is 2. The van der Waals surface area contributed by atoms with Crippen LogP contribution in [-0.2, 0) is 16.1 Å². The lowest BCUT2D eigenvalue weighted by Gasteiger charge is -2.25. The van der Waals surface area contributed by atoms with Crippen molar-refractivity contribution in [2.45, 2.75) is 12.6 Å². The number of benzene rings is 2. The zero-order valence-electron chi connectivity index (χ0n) is 19.2. The number of amides is 1. The summed E-state index contributed by atoms with van der Waals surface area (Å²) in [6, 6.07) is 15.3. The van der Waals surface area contributed by atoms with Crippen molar-refractivity contribution >= 4 is 28.4 Å². The second-order valence-electron chi connectivity index (χ2n) is 8.14. The molecule has 2 aromatic carbocycles. The fraction of sp³-hybridized carbons (Fsp3) is 0.148. The van der Waals surface area contributed by atoms with Crippen molar-refractivity contribution in [2.75, 3.05) is 14.2 Å². The predicted octanol–water partition coefficient (Wildman–Crippen LogP) is 4.20. The van der Waals surface area contributed by atoms with Gasteiger partial charge in [-0.15, -0.1) is 0 Å². The van der Waals surface area contributed by atoms with Crippen molar-refractivity contribution in [1.82, 2.24) is 14.9 Å². The molecule has 8 heteroatoms. The smallest absolute Gasteiger partial charge is 0.295 e. The number of ketones is 1. The third kappa shape index (κ3) is 3.78. The van der Waals surface area contributed by atoms with Crippen LogP contribution < -0.4 is 9.47 Å². The van der Waals surface area contributed by atoms with Gasteiger partial charge in [0.15, 0.2) is 0 Å². The van der Waals surface area contributed by atoms with Gasteiger partial charge in [-0.05, 0) is 29.8 Å². The molecule has 1 unspecified atom stereocenters. The summed E-state index contributed by atoms with van der Waals surface area (Å²) in [6.45, 7) is 0.152. The highest BCUT2D eigenvalue weighted by Crippen LogP contribution is 2.44. The van der Waals surface area contributed by atoms with Crippen LogP contribution in [0.5, 0.6) is 11.5 Å². The molecule has 4 aromatic rings. The number of aromatic nitrogens is 2. The standard InChI is InChI=1S/C27H23N3O5/c1-34-17-9-10-19(22(12-17)35-2)25(31)23-24(20-14-29-21-8-4-3-7-18(20)21)30(27(33)26(23)32)15-16-6-5-11-28-13-16/h3-14,24,29,31H,15H2,1-2H3/b25-23+. The van der Waals surface area contributed by atoms with Crippen molar-refractivity contribution < 1.29 is 24.2 Å². The largest absolute Gasteiger partial charge is 0.507 e. The fourth-order valence-corrected chi connectivity index (χ4v) is 4.51. The maximum atomic E-state index is 13.4. The van der Waals surface area contributed by atoms with Gasteiger partial charge in [0.2, 0.25) is 0 Å². The van der Waals surface area contributed by atoms with Crippen molar-refractivity contribution in [2.24, 2.45) is 0 Å². The maximum absolute atomic E-state index is 13.4. The summed E-state index contributed by atoms with van der Waals surface area (Å²) in [7, 11) is 2.99. The van der Waals surface area contributed by atoms with Gasteiger partial charge >= 0.3 is 0 Å². The Hall–Kier alpha value is -4.59. The van der Waals surface area contributed by atoms with Crippen molar-refractivity contribution in [3.05, 3.63) is 95.5 Å². The lowest BCUT2D eigenvalue weighted by Crippen LogP contribution is -2.29. The molecule has 2 aromatic heterocycles. The van der Waals surface area contributed by atoms with Crippen LogP contribution >= 0.6 is 0 Å². The van der Waals surface area contributed by atoms with Crippen LogP contribution in [0.4, 0.5) is 0 Å². The Bertz CT molecular complexity index is 1460. The summed E-state index contributed by atoms with van der Waals surface area (Å²) in [5, 5.41) is 12.3. The van der Waals surface area contributed by atoms with Gasteiger partial charge in [-0.25, -0.2) is 0 Å². The van der Waals surface area contributed by atoms with E-state index in [4.69, 9.17) is 9.47 Å². The zero-order valence-corrected chi connectivity index (χ0v) is 19.2. The number of para-hydroxylation sites is 1. The number of H-pyrrole nitrogens is 1. The number of aliphatic hydroxyl groups excluding tert-OH is 1. The van der Waals surface area contributed by atoms with Crippen molar-refractivity contribution in [3.8, 4) is 11.5 Å². The van der Waals surface area contributed by atoms with Gasteiger partial charge in [0.25, 0.3) is 11.7 Å². The van der Waals surface area contributed by atoms with Crippen LogP contribution in [-0.4, -0.2) is 45.9 Å². The summed E-state index contributed by atoms with van der Waals surface area (Å²) in [6.07, 6.45) is 5.07. The molecule has 0 aliphatic carbocycles. The predicted molar refractivity (Wildman–Crippen MR) is 130 cm³/mol. The number of hydrogen-bond donors (Lipinski definition) is 2. The first kappa shape index (κ1) is 22.2. The third-order valence-corrected chi connectivity index (χ3v) is 6.20. The topological polar surface area (TPSA) is 105 Å². The molecule has 176 valence electrons. The molecule has 1 fully saturated rings. The van der Waals surface area contributed by atoms with E-state index in [1.165, 1.54) is 19.1 Å². The van der Waals surface area contributed by atoms with Crippen LogP contribution in [0, 0.1) is 0 Å². The van der Waals surface area contributed by atoms with Crippen LogP contribution in [0.3, 0.4) is 0 Å². The molecule has 5 rings (SSSR count). The Kier molecular flexibility index (Phi) is 5.70. The molecule has 3 heterocycles. The van der Waals surface area contributed by atoms with Crippen molar-refractivity contribution in [3.63, 3.8) is 0 Å². The number of carbonyl (C=O) groups is 2. The minimum Gasteiger partial charge on any atom is -0.507 e. The van der Waals surface area contributed by atoms with E-state index in [0.717, 1.165) is 16.5 Å². The minimum absolute atomic E-state index is 0.00731. The van der Waals surface area contributed by atoms with E-state index in [-0.39, 0.29) is 23.4 Å². The van der Waals surface area contributed by atoms with E-state index < -0.39 is 17.7 Å². The molecule has 1 amide bonds. The van der Waals surface area contributed by atoms with E-state index in [9.17, 15) is 14.7 Å². The normalized spacial score (nSPS) is 17.2. The van der Waals surface area contributed by atoms with Gasteiger partial charge < -0.3 is 24.5 Å². The number of rotatable bonds is 6. The molecule has 1 aliphatic rings. The Morgan fingerprint density at radius 2 is 1.91 bits per heavy atom. The molecule has 8 nitrogen and oxygen atoms in total. The molecular weight excluding hydrogens is 446 g/mol. The molecule has 0 bridgehead atoms. The summed E-state index contributed by atoms with van der Waals surface area (Å²) in [5.41, 5.74) is 2.61. The van der Waals surface area contributed by atoms with Crippen LogP contribution in [0.1, 0.15) is 22.7 Å². The molecule has 35 heavy (non-hydrogen) atoms. The van der Waals surface area contributed by atoms with Crippen LogP contribution in [0.15, 0.2) is 78.8 Å². The number of hydrogen-bond acceptors (Lipinski definition) is 6. The van der Waals surface area contributed by atoms with E-state index in [1.54, 1.807) is 42.9 Å². The number of Topliss-reactive ketones (excluding diaryl/α,β-unsaturated/α-hetero) is 1. The molecule has 1 saturated heterocycles. The first-order valence-electron chi connectivity index (χ1n) is 11.0. The summed E-state index contributed by atoms with van der Waals surface area (Å²) in [4.78, 5) is 35.5. The Morgan fingerprint density at radius 1 is 1.09 bits per heavy atom. The molecule has 2 N–H and O–H groups in total. The zero-order chi connectivity index (χ0) is 24.5. The van der Waals surface area contributed by atoms with E-state index >= 15 is 0 Å². The van der Waals surface area contributed by atoms with Gasteiger partial charge in [0.1, 0.15) is 17.3 Å². The van der Waals surface area contributed by atoms with E-state index in [2.05, 4.69) is 9.97 Å². The Balaban J connectivity index is 1.72. The number of nitrogens with one attached hydrogen (secondary N) is 1. The molecule has 0 saturated carbocycles. The summed E-state index contributed by atoms with van der Waals surface area (Å²) < 4.78 is 10.7. The van der Waals surface area contributed by atoms with Gasteiger partial charge in [0.05, 0.1) is 31.4 Å². The van der Waals surface area contributed by atoms with Gasteiger partial charge in [-0.1, -0.05) is 24.3 Å². The second-order valence-corrected chi connectivity index (χ2v) is 8.14. The number of carbonyl (C=O) groups excluding carboxylic acids is 2. The number of pyridine rings is 1. The highest BCUT2D eigenvalue weighted by molar-refractivity contribution is 6.46. The van der Waals surface area contributed by atoms with Gasteiger partial charge in [-0.2, -0.15) is 0 Å². The molecule has 1 aliphatic heterocycles. The lowest BCUT2D eigenvalue weighted by atomic mass is 9.94. The summed E-state index contributed by atoms with van der Waals surface area (Å²) >= 11 is 0. The monoisotopic (exact) mass is 469 g/mol. The highest BCUT2D eigenvalue weighted by Gasteiger charge is 2.47. The quantitative estimate of drug-likeness (QED) is 0.249. The van der Waals surface area contributed by atoms with Crippen LogP contribution in [0.25, 0.3) is 16.7 Å². The fourth-order valence-electron chi connectivity index (χ4n) is 4.51. The first-order chi connectivity index (χ1) is 17.0. The maximum Gasteiger partial charge on any atom is 0.295 e. The Labute approximate surface area is 201 Å². The Morgan fingerprint density at radius 3 is 2.66 bits per heavy atom. The average molecular weight is 469 g/mol. The highest BCUT2D eigenvalue weighted by atomic mass is 16.5. The van der Waals surface area contributed by atoms with Gasteiger partial charge in [-0.3, -0.25) is 14.6 Å². The second kappa shape index (κ2) is 8.98. The number of aliphatic hydroxyl groups is 1. The third-order valence-electron chi connectivity index (χ3n) is 6.20. The van der Waals surface area contributed by atoms with Crippen LogP contribution in [0.2, 0.25) is 0 Å². The summed E-state index contributed by atoms with van der Waals surface area (Å²) in [5.74, 6) is -0.925. The van der Waals surface area contributed by atoms with Gasteiger partial charge in [0, 0.05) is 47.7 Å². The molecule has 0 spiro atoms. The van der Waals surface area contributed by atoms with E-state index in [0.29, 0.717) is 17.1 Å². The molecular formula is C27H23N3O5. The van der Waals surface area contributed by atoms with E-state index in [1.807, 2.05) is 30.3 Å². The number of fused-ring (bicyclic) bond motifs is 1. The lowest BCUT2D eigenvalue weighted by molar-refractivity contribution is -0.140. The molecule has 0 radical (unpaired) electrons.